The zero-order valence-electron chi connectivity index (χ0n) is 13.2. The van der Waals surface area contributed by atoms with Crippen LogP contribution in [0.5, 0.6) is 0 Å². The summed E-state index contributed by atoms with van der Waals surface area (Å²) in [6.07, 6.45) is 1.36. The van der Waals surface area contributed by atoms with Gasteiger partial charge in [0.15, 0.2) is 0 Å². The fourth-order valence-corrected chi connectivity index (χ4v) is 3.02. The van der Waals surface area contributed by atoms with Crippen LogP contribution >= 0.6 is 22.9 Å². The van der Waals surface area contributed by atoms with Gasteiger partial charge in [-0.15, -0.1) is 11.3 Å². The highest BCUT2D eigenvalue weighted by atomic mass is 35.5. The van der Waals surface area contributed by atoms with Gasteiger partial charge in [-0.25, -0.2) is 9.37 Å². The molecule has 1 N–H and O–H groups in total. The molecule has 0 saturated carbocycles. The molecule has 0 radical (unpaired) electrons. The van der Waals surface area contributed by atoms with Gasteiger partial charge in [0, 0.05) is 16.5 Å². The molecule has 3 nitrogen and oxygen atoms in total. The van der Waals surface area contributed by atoms with E-state index in [1.54, 1.807) is 12.1 Å². The maximum absolute atomic E-state index is 13.7. The molecule has 1 heterocycles. The number of hydrogen-bond acceptors (Lipinski definition) is 4. The standard InChI is InChI=1S/C18H15ClFN3S/c1-11-6-7-13(8-12(11)2)17-10-24-18(22-17)23-21-9-14-15(19)4-3-5-16(14)20/h3-10H,1-2H3,(H,22,23)/b21-9-. The van der Waals surface area contributed by atoms with Gasteiger partial charge >= 0.3 is 0 Å². The minimum Gasteiger partial charge on any atom is -0.253 e. The summed E-state index contributed by atoms with van der Waals surface area (Å²) in [7, 11) is 0. The van der Waals surface area contributed by atoms with E-state index in [0.29, 0.717) is 10.2 Å². The number of aryl methyl sites for hydroxylation is 2. The van der Waals surface area contributed by atoms with Gasteiger partial charge < -0.3 is 0 Å². The molecule has 0 amide bonds. The molecule has 0 unspecified atom stereocenters. The third-order valence-electron chi connectivity index (χ3n) is 3.66. The first-order chi connectivity index (χ1) is 11.5. The number of halogens is 2. The van der Waals surface area contributed by atoms with E-state index < -0.39 is 5.82 Å². The molecule has 3 aromatic rings. The Balaban J connectivity index is 1.74. The van der Waals surface area contributed by atoms with E-state index in [1.807, 2.05) is 11.4 Å². The summed E-state index contributed by atoms with van der Waals surface area (Å²) in [4.78, 5) is 4.49. The Kier molecular flexibility index (Phi) is 4.92. The van der Waals surface area contributed by atoms with Crippen molar-refractivity contribution >= 4 is 34.3 Å². The van der Waals surface area contributed by atoms with E-state index >= 15 is 0 Å². The van der Waals surface area contributed by atoms with Crippen LogP contribution in [0.3, 0.4) is 0 Å². The lowest BCUT2D eigenvalue weighted by Crippen LogP contribution is -1.94. The van der Waals surface area contributed by atoms with Gasteiger partial charge in [-0.2, -0.15) is 5.10 Å². The number of nitrogens with one attached hydrogen (secondary N) is 1. The van der Waals surface area contributed by atoms with Gasteiger partial charge in [0.1, 0.15) is 5.82 Å². The maximum Gasteiger partial charge on any atom is 0.203 e. The van der Waals surface area contributed by atoms with Gasteiger partial charge in [-0.05, 0) is 43.2 Å². The fraction of sp³-hybridized carbons (Fsp3) is 0.111. The van der Waals surface area contributed by atoms with Crippen LogP contribution in [-0.2, 0) is 0 Å². The van der Waals surface area contributed by atoms with Crippen LogP contribution in [0, 0.1) is 19.7 Å². The monoisotopic (exact) mass is 359 g/mol. The highest BCUT2D eigenvalue weighted by molar-refractivity contribution is 7.14. The van der Waals surface area contributed by atoms with Crippen LogP contribution in [0.15, 0.2) is 46.9 Å². The predicted molar refractivity (Wildman–Crippen MR) is 99.7 cm³/mol. The first kappa shape index (κ1) is 16.6. The lowest BCUT2D eigenvalue weighted by atomic mass is 10.1. The zero-order valence-corrected chi connectivity index (χ0v) is 14.7. The lowest BCUT2D eigenvalue weighted by molar-refractivity contribution is 0.626. The SMILES string of the molecule is Cc1ccc(-c2csc(N/N=C\c3c(F)cccc3Cl)n2)cc1C. The number of hydrogen-bond donors (Lipinski definition) is 1. The Labute approximate surface area is 148 Å². The molecule has 0 aliphatic rings. The second-order valence-corrected chi connectivity index (χ2v) is 6.61. The Bertz CT molecular complexity index is 885. The van der Waals surface area contributed by atoms with Gasteiger partial charge in [0.25, 0.3) is 0 Å². The van der Waals surface area contributed by atoms with Crippen molar-refractivity contribution in [1.82, 2.24) is 4.98 Å². The number of anilines is 1. The Hall–Kier alpha value is -2.24. The van der Waals surface area contributed by atoms with Crippen molar-refractivity contribution in [3.63, 3.8) is 0 Å². The summed E-state index contributed by atoms with van der Waals surface area (Å²) >= 11 is 7.39. The lowest BCUT2D eigenvalue weighted by Gasteiger charge is -2.02. The number of aromatic nitrogens is 1. The van der Waals surface area contributed by atoms with Crippen molar-refractivity contribution in [2.75, 3.05) is 5.43 Å². The average molecular weight is 360 g/mol. The Morgan fingerprint density at radius 3 is 2.79 bits per heavy atom. The quantitative estimate of drug-likeness (QED) is 0.481. The maximum atomic E-state index is 13.7. The summed E-state index contributed by atoms with van der Waals surface area (Å²) in [5.74, 6) is -0.414. The number of hydrazone groups is 1. The number of nitrogens with zero attached hydrogens (tertiary/aromatic N) is 2. The number of rotatable bonds is 4. The number of thiazole rings is 1. The third-order valence-corrected chi connectivity index (χ3v) is 4.74. The fourth-order valence-electron chi connectivity index (χ4n) is 2.14. The third kappa shape index (κ3) is 3.63. The van der Waals surface area contributed by atoms with Crippen LogP contribution in [0.4, 0.5) is 9.52 Å². The van der Waals surface area contributed by atoms with Crippen LogP contribution in [0.2, 0.25) is 5.02 Å². The molecule has 1 aromatic heterocycles. The van der Waals surface area contributed by atoms with E-state index in [0.717, 1.165) is 11.3 Å². The molecule has 0 spiro atoms. The molecule has 0 bridgehead atoms. The highest BCUT2D eigenvalue weighted by Crippen LogP contribution is 2.26. The molecule has 0 saturated heterocycles. The first-order valence-corrected chi connectivity index (χ1v) is 8.56. The minimum atomic E-state index is -0.414. The summed E-state index contributed by atoms with van der Waals surface area (Å²) in [6.45, 7) is 4.16. The van der Waals surface area contributed by atoms with Gasteiger partial charge in [-0.1, -0.05) is 29.8 Å². The molecular formula is C18H15ClFN3S. The second-order valence-electron chi connectivity index (χ2n) is 5.34. The molecule has 0 atom stereocenters. The second kappa shape index (κ2) is 7.11. The smallest absolute Gasteiger partial charge is 0.203 e. The summed E-state index contributed by atoms with van der Waals surface area (Å²) in [5.41, 5.74) is 7.47. The summed E-state index contributed by atoms with van der Waals surface area (Å²) < 4.78 is 13.7. The van der Waals surface area contributed by atoms with Gasteiger partial charge in [-0.3, -0.25) is 5.43 Å². The van der Waals surface area contributed by atoms with Crippen molar-refractivity contribution in [1.29, 1.82) is 0 Å². The molecule has 0 aliphatic heterocycles. The van der Waals surface area contributed by atoms with E-state index in [2.05, 4.69) is 41.5 Å². The van der Waals surface area contributed by atoms with Gasteiger partial charge in [0.05, 0.1) is 16.9 Å². The van der Waals surface area contributed by atoms with Crippen LogP contribution in [0.1, 0.15) is 16.7 Å². The average Bonchev–Trinajstić information content (AvgIpc) is 3.02. The van der Waals surface area contributed by atoms with E-state index in [1.165, 1.54) is 34.7 Å². The highest BCUT2D eigenvalue weighted by Gasteiger charge is 2.06. The summed E-state index contributed by atoms with van der Waals surface area (Å²) in [5, 5.41) is 6.92. The normalized spacial score (nSPS) is 11.2. The van der Waals surface area contributed by atoms with Crippen molar-refractivity contribution in [3.05, 3.63) is 69.3 Å². The largest absolute Gasteiger partial charge is 0.253 e. The van der Waals surface area contributed by atoms with Crippen molar-refractivity contribution in [2.45, 2.75) is 13.8 Å². The van der Waals surface area contributed by atoms with Crippen LogP contribution < -0.4 is 5.43 Å². The topological polar surface area (TPSA) is 37.3 Å². The number of benzene rings is 2. The molecule has 6 heteroatoms. The molecule has 0 aliphatic carbocycles. The Morgan fingerprint density at radius 2 is 2.04 bits per heavy atom. The predicted octanol–water partition coefficient (Wildman–Crippen LogP) is 5.67. The zero-order chi connectivity index (χ0) is 17.1. The van der Waals surface area contributed by atoms with Gasteiger partial charge in [0.2, 0.25) is 5.13 Å². The van der Waals surface area contributed by atoms with E-state index in [4.69, 9.17) is 11.6 Å². The van der Waals surface area contributed by atoms with E-state index in [-0.39, 0.29) is 5.56 Å². The van der Waals surface area contributed by atoms with Crippen molar-refractivity contribution in [2.24, 2.45) is 5.10 Å². The summed E-state index contributed by atoms with van der Waals surface area (Å²) in [6, 6.07) is 10.7. The van der Waals surface area contributed by atoms with E-state index in [9.17, 15) is 4.39 Å². The van der Waals surface area contributed by atoms with Crippen molar-refractivity contribution in [3.8, 4) is 11.3 Å². The minimum absolute atomic E-state index is 0.248. The molecule has 3 rings (SSSR count). The van der Waals surface area contributed by atoms with Crippen LogP contribution in [0.25, 0.3) is 11.3 Å². The first-order valence-electron chi connectivity index (χ1n) is 7.31. The molecule has 24 heavy (non-hydrogen) atoms. The molecular weight excluding hydrogens is 345 g/mol. The van der Waals surface area contributed by atoms with Crippen LogP contribution in [-0.4, -0.2) is 11.2 Å². The molecule has 2 aromatic carbocycles. The van der Waals surface area contributed by atoms with Crippen molar-refractivity contribution < 1.29 is 4.39 Å². The molecule has 122 valence electrons. The Morgan fingerprint density at radius 1 is 1.21 bits per heavy atom. The molecule has 0 fully saturated rings.